The first-order chi connectivity index (χ1) is 14.6. The van der Waals surface area contributed by atoms with Crippen molar-refractivity contribution in [2.75, 3.05) is 13.2 Å². The smallest absolute Gasteiger partial charge is 0.252 e. The van der Waals surface area contributed by atoms with Gasteiger partial charge in [-0.1, -0.05) is 57.2 Å². The second-order valence-corrected chi connectivity index (χ2v) is 9.36. The average molecular weight is 413 g/mol. The number of amides is 1. The molecule has 0 aromatic heterocycles. The lowest BCUT2D eigenvalue weighted by Crippen LogP contribution is -2.40. The maximum atomic E-state index is 12.4. The first-order valence-corrected chi connectivity index (χ1v) is 12.0. The molecule has 3 N–H and O–H groups in total. The Morgan fingerprint density at radius 1 is 1.03 bits per heavy atom. The Kier molecular flexibility index (Phi) is 8.80. The van der Waals surface area contributed by atoms with E-state index in [-0.39, 0.29) is 11.4 Å². The summed E-state index contributed by atoms with van der Waals surface area (Å²) < 4.78 is 5.88. The molecule has 0 unspecified atom stereocenters. The van der Waals surface area contributed by atoms with E-state index in [4.69, 9.17) is 10.5 Å². The van der Waals surface area contributed by atoms with Crippen molar-refractivity contribution in [3.63, 3.8) is 0 Å². The van der Waals surface area contributed by atoms with E-state index in [0.29, 0.717) is 11.3 Å². The molecule has 4 heteroatoms. The molecule has 0 radical (unpaired) electrons. The van der Waals surface area contributed by atoms with Gasteiger partial charge in [0.1, 0.15) is 0 Å². The van der Waals surface area contributed by atoms with Crippen molar-refractivity contribution in [2.24, 2.45) is 11.7 Å². The predicted molar refractivity (Wildman–Crippen MR) is 123 cm³/mol. The molecule has 4 nitrogen and oxygen atoms in total. The van der Waals surface area contributed by atoms with Crippen LogP contribution in [0.5, 0.6) is 0 Å². The summed E-state index contributed by atoms with van der Waals surface area (Å²) in [5.41, 5.74) is 8.00. The average Bonchev–Trinajstić information content (AvgIpc) is 3.54. The zero-order valence-electron chi connectivity index (χ0n) is 18.6. The first-order valence-electron chi connectivity index (χ1n) is 12.0. The quantitative estimate of drug-likeness (QED) is 0.420. The maximum Gasteiger partial charge on any atom is 0.252 e. The molecule has 1 aromatic rings. The van der Waals surface area contributed by atoms with Crippen LogP contribution < -0.4 is 11.1 Å². The monoisotopic (exact) mass is 412 g/mol. The Balaban J connectivity index is 1.21. The van der Waals surface area contributed by atoms with Gasteiger partial charge < -0.3 is 15.8 Å². The fraction of sp³-hybridized carbons (Fsp3) is 0.654. The number of ether oxygens (including phenoxy) is 1. The third-order valence-electron chi connectivity index (χ3n) is 6.77. The molecule has 0 heterocycles. The number of hydrogen-bond donors (Lipinski definition) is 2. The largest absolute Gasteiger partial charge is 0.401 e. The van der Waals surface area contributed by atoms with Crippen molar-refractivity contribution in [1.29, 1.82) is 0 Å². The van der Waals surface area contributed by atoms with Gasteiger partial charge in [0.15, 0.2) is 0 Å². The van der Waals surface area contributed by atoms with Gasteiger partial charge in [0.25, 0.3) is 5.91 Å². The maximum absolute atomic E-state index is 12.4. The van der Waals surface area contributed by atoms with Gasteiger partial charge in [-0.2, -0.15) is 0 Å². The van der Waals surface area contributed by atoms with Crippen molar-refractivity contribution in [3.8, 4) is 0 Å². The molecule has 0 saturated heterocycles. The number of nitrogens with one attached hydrogen (secondary N) is 1. The molecule has 3 rings (SSSR count). The molecule has 0 atom stereocenters. The second-order valence-electron chi connectivity index (χ2n) is 9.36. The third-order valence-corrected chi connectivity index (χ3v) is 6.77. The number of carbonyl (C=O) groups excluding carboxylic acids is 1. The van der Waals surface area contributed by atoms with Crippen LogP contribution in [0.3, 0.4) is 0 Å². The van der Waals surface area contributed by atoms with Gasteiger partial charge in [0, 0.05) is 24.5 Å². The van der Waals surface area contributed by atoms with E-state index in [0.717, 1.165) is 38.4 Å². The van der Waals surface area contributed by atoms with Crippen LogP contribution in [-0.4, -0.2) is 24.7 Å². The SMILES string of the molecule is C=C(N)C1(NC(=O)c2ccc(CCCCCCCOCC3CCCCC3)cc2)CC1. The van der Waals surface area contributed by atoms with Crippen LogP contribution in [0.25, 0.3) is 0 Å². The minimum Gasteiger partial charge on any atom is -0.401 e. The molecule has 0 spiro atoms. The number of benzene rings is 1. The molecule has 2 saturated carbocycles. The number of rotatable bonds is 13. The standard InChI is InChI=1S/C26H40N2O2/c1-21(27)26(17-18-26)28-25(29)24-15-13-22(14-16-24)10-6-3-2-4-9-19-30-20-23-11-7-5-8-12-23/h13-16,23H,1-12,17-20,27H2,(H,28,29). The molecular formula is C26H40N2O2. The van der Waals surface area contributed by atoms with Crippen LogP contribution in [-0.2, 0) is 11.2 Å². The van der Waals surface area contributed by atoms with Crippen molar-refractivity contribution < 1.29 is 9.53 Å². The lowest BCUT2D eigenvalue weighted by molar-refractivity contribution is 0.0824. The van der Waals surface area contributed by atoms with Crippen LogP contribution >= 0.6 is 0 Å². The minimum atomic E-state index is -0.364. The van der Waals surface area contributed by atoms with Gasteiger partial charge in [-0.05, 0) is 68.6 Å². The predicted octanol–water partition coefficient (Wildman–Crippen LogP) is 5.51. The van der Waals surface area contributed by atoms with Crippen molar-refractivity contribution in [3.05, 3.63) is 47.7 Å². The summed E-state index contributed by atoms with van der Waals surface area (Å²) in [6.45, 7) is 5.71. The van der Waals surface area contributed by atoms with Crippen LogP contribution in [0.4, 0.5) is 0 Å². The Morgan fingerprint density at radius 3 is 2.37 bits per heavy atom. The van der Waals surface area contributed by atoms with Crippen LogP contribution in [0.15, 0.2) is 36.5 Å². The Labute approximate surface area is 182 Å². The molecule has 166 valence electrons. The van der Waals surface area contributed by atoms with E-state index in [1.807, 2.05) is 12.1 Å². The lowest BCUT2D eigenvalue weighted by Gasteiger charge is -2.21. The second kappa shape index (κ2) is 11.5. The van der Waals surface area contributed by atoms with E-state index >= 15 is 0 Å². The van der Waals surface area contributed by atoms with E-state index in [1.165, 1.54) is 69.8 Å². The number of aryl methyl sites for hydroxylation is 1. The summed E-state index contributed by atoms with van der Waals surface area (Å²) in [7, 11) is 0. The van der Waals surface area contributed by atoms with Gasteiger partial charge in [-0.25, -0.2) is 0 Å². The van der Waals surface area contributed by atoms with Crippen molar-refractivity contribution >= 4 is 5.91 Å². The summed E-state index contributed by atoms with van der Waals surface area (Å²) in [4.78, 5) is 12.4. The van der Waals surface area contributed by atoms with Gasteiger partial charge in [0.2, 0.25) is 0 Å². The first kappa shape index (κ1) is 22.9. The summed E-state index contributed by atoms with van der Waals surface area (Å²) in [5.74, 6) is 0.766. The molecular weight excluding hydrogens is 372 g/mol. The number of hydrogen-bond acceptors (Lipinski definition) is 3. The molecule has 30 heavy (non-hydrogen) atoms. The summed E-state index contributed by atoms with van der Waals surface area (Å²) in [6, 6.07) is 7.99. The summed E-state index contributed by atoms with van der Waals surface area (Å²) in [6.07, 6.45) is 16.0. The highest BCUT2D eigenvalue weighted by atomic mass is 16.5. The fourth-order valence-corrected chi connectivity index (χ4v) is 4.43. The third kappa shape index (κ3) is 7.16. The van der Waals surface area contributed by atoms with Gasteiger partial charge in [-0.15, -0.1) is 0 Å². The number of unbranched alkanes of at least 4 members (excludes halogenated alkanes) is 4. The summed E-state index contributed by atoms with van der Waals surface area (Å²) >= 11 is 0. The van der Waals surface area contributed by atoms with Crippen LogP contribution in [0.2, 0.25) is 0 Å². The number of carbonyl (C=O) groups is 1. The normalized spacial score (nSPS) is 18.1. The lowest BCUT2D eigenvalue weighted by atomic mass is 9.90. The van der Waals surface area contributed by atoms with E-state index in [2.05, 4.69) is 24.0 Å². The molecule has 2 fully saturated rings. The topological polar surface area (TPSA) is 64.3 Å². The van der Waals surface area contributed by atoms with Gasteiger partial charge >= 0.3 is 0 Å². The Hall–Kier alpha value is -1.81. The van der Waals surface area contributed by atoms with E-state index < -0.39 is 0 Å². The minimum absolute atomic E-state index is 0.0589. The molecule has 2 aliphatic carbocycles. The van der Waals surface area contributed by atoms with Crippen molar-refractivity contribution in [1.82, 2.24) is 5.32 Å². The highest BCUT2D eigenvalue weighted by molar-refractivity contribution is 5.95. The van der Waals surface area contributed by atoms with Crippen LogP contribution in [0, 0.1) is 5.92 Å². The Bertz CT molecular complexity index is 673. The summed E-state index contributed by atoms with van der Waals surface area (Å²) in [5, 5.41) is 3.03. The van der Waals surface area contributed by atoms with Crippen LogP contribution in [0.1, 0.15) is 93.0 Å². The molecule has 2 aliphatic rings. The highest BCUT2D eigenvalue weighted by Gasteiger charge is 2.45. The van der Waals surface area contributed by atoms with E-state index in [1.54, 1.807) is 0 Å². The molecule has 1 amide bonds. The van der Waals surface area contributed by atoms with Gasteiger partial charge in [0.05, 0.1) is 5.54 Å². The molecule has 0 bridgehead atoms. The fourth-order valence-electron chi connectivity index (χ4n) is 4.43. The highest BCUT2D eigenvalue weighted by Crippen LogP contribution is 2.39. The van der Waals surface area contributed by atoms with E-state index in [9.17, 15) is 4.79 Å². The zero-order chi connectivity index (χ0) is 21.2. The van der Waals surface area contributed by atoms with Crippen molar-refractivity contribution in [2.45, 2.75) is 89.0 Å². The van der Waals surface area contributed by atoms with Gasteiger partial charge in [-0.3, -0.25) is 4.79 Å². The Morgan fingerprint density at radius 2 is 1.70 bits per heavy atom. The zero-order valence-corrected chi connectivity index (χ0v) is 18.6. The molecule has 1 aromatic carbocycles. The molecule has 0 aliphatic heterocycles. The number of nitrogens with two attached hydrogens (primary N) is 1.